The summed E-state index contributed by atoms with van der Waals surface area (Å²) < 4.78 is 0. The molecule has 0 radical (unpaired) electrons. The number of anilines is 1. The van der Waals surface area contributed by atoms with Crippen LogP contribution in [0.15, 0.2) is 0 Å². The van der Waals surface area contributed by atoms with Gasteiger partial charge in [0.15, 0.2) is 0 Å². The van der Waals surface area contributed by atoms with E-state index in [1.807, 2.05) is 0 Å². The minimum atomic E-state index is 0.107. The van der Waals surface area contributed by atoms with Crippen LogP contribution in [0.3, 0.4) is 0 Å². The van der Waals surface area contributed by atoms with E-state index in [-0.39, 0.29) is 11.8 Å². The highest BCUT2D eigenvalue weighted by atomic mass is 32.1. The number of carbonyl (C=O) groups is 1. The number of piperidine rings is 1. The third-order valence-electron chi connectivity index (χ3n) is 3.45. The Morgan fingerprint density at radius 1 is 1.28 bits per heavy atom. The Labute approximate surface area is 111 Å². The van der Waals surface area contributed by atoms with Crippen LogP contribution in [-0.4, -0.2) is 34.1 Å². The van der Waals surface area contributed by atoms with Crippen molar-refractivity contribution >= 4 is 22.4 Å². The molecule has 5 nitrogen and oxygen atoms in total. The van der Waals surface area contributed by atoms with Crippen molar-refractivity contribution in [3.63, 3.8) is 0 Å². The molecule has 1 aromatic heterocycles. The van der Waals surface area contributed by atoms with Crippen LogP contribution in [0.1, 0.15) is 37.1 Å². The Morgan fingerprint density at radius 3 is 2.78 bits per heavy atom. The zero-order valence-electron chi connectivity index (χ0n) is 10.4. The summed E-state index contributed by atoms with van der Waals surface area (Å²) in [7, 11) is 0. The number of likely N-dealkylation sites (tertiary alicyclic amines) is 1. The van der Waals surface area contributed by atoms with Crippen LogP contribution in [0.2, 0.25) is 0 Å². The molecule has 0 aromatic carbocycles. The average molecular weight is 266 g/mol. The SMILES string of the molecule is O=C(Nc1nnc(CN2CCCCC2)s1)C1CC1. The summed E-state index contributed by atoms with van der Waals surface area (Å²) in [6.45, 7) is 3.18. The molecule has 0 spiro atoms. The van der Waals surface area contributed by atoms with Crippen LogP contribution >= 0.6 is 11.3 Å². The molecule has 1 aliphatic heterocycles. The lowest BCUT2D eigenvalue weighted by atomic mass is 10.1. The van der Waals surface area contributed by atoms with Crippen LogP contribution < -0.4 is 5.32 Å². The van der Waals surface area contributed by atoms with Crippen molar-refractivity contribution in [2.24, 2.45) is 5.92 Å². The second-order valence-electron chi connectivity index (χ2n) is 5.10. The van der Waals surface area contributed by atoms with Crippen molar-refractivity contribution in [2.75, 3.05) is 18.4 Å². The van der Waals surface area contributed by atoms with Crippen molar-refractivity contribution < 1.29 is 4.79 Å². The lowest BCUT2D eigenvalue weighted by Gasteiger charge is -2.24. The molecule has 18 heavy (non-hydrogen) atoms. The lowest BCUT2D eigenvalue weighted by Crippen LogP contribution is -2.28. The Balaban J connectivity index is 1.53. The zero-order valence-corrected chi connectivity index (χ0v) is 11.2. The van der Waals surface area contributed by atoms with E-state index in [1.54, 1.807) is 0 Å². The third-order valence-corrected chi connectivity index (χ3v) is 4.28. The molecule has 6 heteroatoms. The predicted molar refractivity (Wildman–Crippen MR) is 70.4 cm³/mol. The second-order valence-corrected chi connectivity index (χ2v) is 6.16. The maximum Gasteiger partial charge on any atom is 0.229 e. The Bertz CT molecular complexity index is 423. The van der Waals surface area contributed by atoms with Gasteiger partial charge in [0, 0.05) is 5.92 Å². The lowest BCUT2D eigenvalue weighted by molar-refractivity contribution is -0.117. The Hall–Kier alpha value is -1.01. The maximum atomic E-state index is 11.6. The molecule has 2 aliphatic rings. The van der Waals surface area contributed by atoms with E-state index < -0.39 is 0 Å². The van der Waals surface area contributed by atoms with Crippen LogP contribution in [0, 0.1) is 5.92 Å². The molecule has 1 saturated heterocycles. The van der Waals surface area contributed by atoms with Crippen LogP contribution in [0.25, 0.3) is 0 Å². The number of amides is 1. The van der Waals surface area contributed by atoms with Gasteiger partial charge in [0.2, 0.25) is 11.0 Å². The summed E-state index contributed by atoms with van der Waals surface area (Å²) in [5, 5.41) is 12.7. The smallest absolute Gasteiger partial charge is 0.229 e. The fourth-order valence-electron chi connectivity index (χ4n) is 2.23. The van der Waals surface area contributed by atoms with Gasteiger partial charge in [-0.3, -0.25) is 9.69 Å². The van der Waals surface area contributed by atoms with Crippen molar-refractivity contribution in [1.29, 1.82) is 0 Å². The van der Waals surface area contributed by atoms with E-state index in [4.69, 9.17) is 0 Å². The number of carbonyl (C=O) groups excluding carboxylic acids is 1. The molecule has 0 unspecified atom stereocenters. The van der Waals surface area contributed by atoms with Gasteiger partial charge in [0.1, 0.15) is 5.01 Å². The predicted octanol–water partition coefficient (Wildman–Crippen LogP) is 1.87. The molecule has 2 fully saturated rings. The molecule has 0 bridgehead atoms. The topological polar surface area (TPSA) is 58.1 Å². The molecule has 3 rings (SSSR count). The van der Waals surface area contributed by atoms with E-state index in [0.29, 0.717) is 5.13 Å². The highest BCUT2D eigenvalue weighted by molar-refractivity contribution is 7.15. The van der Waals surface area contributed by atoms with Gasteiger partial charge in [-0.25, -0.2) is 0 Å². The first kappa shape index (κ1) is 12.0. The molecule has 1 aliphatic carbocycles. The van der Waals surface area contributed by atoms with Crippen molar-refractivity contribution in [1.82, 2.24) is 15.1 Å². The quantitative estimate of drug-likeness (QED) is 0.904. The number of hydrogen-bond acceptors (Lipinski definition) is 5. The molecule has 0 atom stereocenters. The molecule has 1 N–H and O–H groups in total. The molecule has 98 valence electrons. The van der Waals surface area contributed by atoms with Gasteiger partial charge in [-0.05, 0) is 38.8 Å². The standard InChI is InChI=1S/C12H18N4OS/c17-11(9-4-5-9)13-12-15-14-10(18-12)8-16-6-2-1-3-7-16/h9H,1-8H2,(H,13,15,17). The minimum absolute atomic E-state index is 0.107. The van der Waals surface area contributed by atoms with Gasteiger partial charge in [-0.1, -0.05) is 17.8 Å². The minimum Gasteiger partial charge on any atom is -0.300 e. The van der Waals surface area contributed by atoms with Gasteiger partial charge >= 0.3 is 0 Å². The monoisotopic (exact) mass is 266 g/mol. The van der Waals surface area contributed by atoms with E-state index in [2.05, 4.69) is 20.4 Å². The highest BCUT2D eigenvalue weighted by Gasteiger charge is 2.30. The number of nitrogens with zero attached hydrogens (tertiary/aromatic N) is 3. The fraction of sp³-hybridized carbons (Fsp3) is 0.750. The summed E-state index contributed by atoms with van der Waals surface area (Å²) in [4.78, 5) is 14.0. The fourth-order valence-corrected chi connectivity index (χ4v) is 3.02. The van der Waals surface area contributed by atoms with Crippen molar-refractivity contribution in [3.8, 4) is 0 Å². The van der Waals surface area contributed by atoms with Gasteiger partial charge in [-0.2, -0.15) is 0 Å². The normalized spacial score (nSPS) is 20.9. The molecule has 1 amide bonds. The zero-order chi connectivity index (χ0) is 12.4. The van der Waals surface area contributed by atoms with E-state index in [9.17, 15) is 4.79 Å². The van der Waals surface area contributed by atoms with E-state index >= 15 is 0 Å². The highest BCUT2D eigenvalue weighted by Crippen LogP contribution is 2.30. The second kappa shape index (κ2) is 5.32. The van der Waals surface area contributed by atoms with Crippen molar-refractivity contribution in [2.45, 2.75) is 38.6 Å². The molecular formula is C12H18N4OS. The van der Waals surface area contributed by atoms with Gasteiger partial charge in [0.25, 0.3) is 0 Å². The van der Waals surface area contributed by atoms with E-state index in [1.165, 1.54) is 30.6 Å². The van der Waals surface area contributed by atoms with Gasteiger partial charge in [0.05, 0.1) is 6.54 Å². The van der Waals surface area contributed by atoms with Crippen LogP contribution in [0.4, 0.5) is 5.13 Å². The molecular weight excluding hydrogens is 248 g/mol. The van der Waals surface area contributed by atoms with Crippen molar-refractivity contribution in [3.05, 3.63) is 5.01 Å². The Morgan fingerprint density at radius 2 is 2.06 bits per heavy atom. The summed E-state index contributed by atoms with van der Waals surface area (Å²) in [5.74, 6) is 0.329. The average Bonchev–Trinajstić information content (AvgIpc) is 3.15. The third kappa shape index (κ3) is 3.05. The van der Waals surface area contributed by atoms with E-state index in [0.717, 1.165) is 37.5 Å². The largest absolute Gasteiger partial charge is 0.300 e. The number of aromatic nitrogens is 2. The number of rotatable bonds is 4. The summed E-state index contributed by atoms with van der Waals surface area (Å²) >= 11 is 1.50. The first-order chi connectivity index (χ1) is 8.81. The van der Waals surface area contributed by atoms with Crippen LogP contribution in [-0.2, 0) is 11.3 Å². The first-order valence-corrected chi connectivity index (χ1v) is 7.48. The molecule has 1 aromatic rings. The molecule has 2 heterocycles. The van der Waals surface area contributed by atoms with Crippen LogP contribution in [0.5, 0.6) is 0 Å². The molecule has 1 saturated carbocycles. The summed E-state index contributed by atoms with van der Waals surface area (Å²) in [6, 6.07) is 0. The van der Waals surface area contributed by atoms with Gasteiger partial charge < -0.3 is 5.32 Å². The number of hydrogen-bond donors (Lipinski definition) is 1. The first-order valence-electron chi connectivity index (χ1n) is 6.67. The Kier molecular flexibility index (Phi) is 3.56. The maximum absolute atomic E-state index is 11.6. The number of nitrogens with one attached hydrogen (secondary N) is 1. The van der Waals surface area contributed by atoms with Gasteiger partial charge in [-0.15, -0.1) is 10.2 Å². The summed E-state index contributed by atoms with van der Waals surface area (Å²) in [5.41, 5.74) is 0. The summed E-state index contributed by atoms with van der Waals surface area (Å²) in [6.07, 6.45) is 5.94.